The minimum absolute atomic E-state index is 0.0117. The molecule has 0 bridgehead atoms. The van der Waals surface area contributed by atoms with Gasteiger partial charge in [-0.3, -0.25) is 0 Å². The minimum Gasteiger partial charge on any atom is -0.319 e. The van der Waals surface area contributed by atoms with Gasteiger partial charge in [0, 0.05) is 31.4 Å². The highest BCUT2D eigenvalue weighted by Crippen LogP contribution is 2.34. The Hall–Kier alpha value is -1.55. The normalized spacial score (nSPS) is 23.3. The molecule has 1 aliphatic carbocycles. The van der Waals surface area contributed by atoms with E-state index in [0.29, 0.717) is 0 Å². The van der Waals surface area contributed by atoms with Crippen molar-refractivity contribution < 1.29 is 4.79 Å². The summed E-state index contributed by atoms with van der Waals surface area (Å²) in [6.45, 7) is 4.59. The van der Waals surface area contributed by atoms with E-state index < -0.39 is 0 Å². The molecule has 0 spiro atoms. The summed E-state index contributed by atoms with van der Waals surface area (Å²) in [6, 6.07) is 8.69. The highest BCUT2D eigenvalue weighted by atomic mass is 16.2. The second kappa shape index (κ2) is 6.48. The van der Waals surface area contributed by atoms with Crippen LogP contribution >= 0.6 is 0 Å². The maximum Gasteiger partial charge on any atom is 0.322 e. The predicted molar refractivity (Wildman–Crippen MR) is 85.7 cm³/mol. The Kier molecular flexibility index (Phi) is 4.44. The molecule has 1 aromatic rings. The van der Waals surface area contributed by atoms with Gasteiger partial charge >= 0.3 is 6.03 Å². The molecule has 4 nitrogen and oxygen atoms in total. The molecule has 1 saturated heterocycles. The van der Waals surface area contributed by atoms with Crippen LogP contribution in [0.15, 0.2) is 24.3 Å². The first-order chi connectivity index (χ1) is 10.2. The van der Waals surface area contributed by atoms with Gasteiger partial charge in [-0.1, -0.05) is 25.0 Å². The van der Waals surface area contributed by atoms with Crippen molar-refractivity contribution in [1.29, 1.82) is 0 Å². The van der Waals surface area contributed by atoms with E-state index in [4.69, 9.17) is 0 Å². The summed E-state index contributed by atoms with van der Waals surface area (Å²) in [4.78, 5) is 14.2. The number of carbonyl (C=O) groups excluding carboxylic acids is 1. The Bertz CT molecular complexity index is 479. The van der Waals surface area contributed by atoms with Gasteiger partial charge in [0.15, 0.2) is 0 Å². The lowest BCUT2D eigenvalue weighted by molar-refractivity contribution is 0.177. The maximum absolute atomic E-state index is 12.3. The smallest absolute Gasteiger partial charge is 0.319 e. The van der Waals surface area contributed by atoms with Gasteiger partial charge in [0.2, 0.25) is 0 Å². The molecular weight excluding hydrogens is 262 g/mol. The van der Waals surface area contributed by atoms with Crippen LogP contribution in [0.2, 0.25) is 0 Å². The number of urea groups is 1. The standard InChI is InChI=1S/C17H25N3O/c1-13-12-18-10-11-20(13)17(21)19-16-8-6-15(7-9-16)14-4-2-3-5-14/h6-9,13-14,18H,2-5,10-12H2,1H3,(H,19,21). The second-order valence-electron chi connectivity index (χ2n) is 6.28. The van der Waals surface area contributed by atoms with Crippen molar-refractivity contribution in [1.82, 2.24) is 10.2 Å². The summed E-state index contributed by atoms with van der Waals surface area (Å²) in [5, 5.41) is 6.32. The van der Waals surface area contributed by atoms with Gasteiger partial charge in [0.25, 0.3) is 0 Å². The number of benzene rings is 1. The number of anilines is 1. The fourth-order valence-corrected chi connectivity index (χ4v) is 3.44. The largest absolute Gasteiger partial charge is 0.322 e. The molecule has 1 aromatic carbocycles. The summed E-state index contributed by atoms with van der Waals surface area (Å²) in [6.07, 6.45) is 5.32. The van der Waals surface area contributed by atoms with Crippen LogP contribution in [0.4, 0.5) is 10.5 Å². The zero-order valence-electron chi connectivity index (χ0n) is 12.8. The summed E-state index contributed by atoms with van der Waals surface area (Å²) in [5.41, 5.74) is 2.31. The molecule has 114 valence electrons. The van der Waals surface area contributed by atoms with Crippen molar-refractivity contribution in [2.45, 2.75) is 44.6 Å². The van der Waals surface area contributed by atoms with Crippen LogP contribution in [0, 0.1) is 0 Å². The molecular formula is C17H25N3O. The van der Waals surface area contributed by atoms with Crippen molar-refractivity contribution in [2.75, 3.05) is 25.0 Å². The highest BCUT2D eigenvalue weighted by Gasteiger charge is 2.23. The molecule has 1 unspecified atom stereocenters. The third-order valence-electron chi connectivity index (χ3n) is 4.75. The van der Waals surface area contributed by atoms with Crippen molar-refractivity contribution in [3.63, 3.8) is 0 Å². The highest BCUT2D eigenvalue weighted by molar-refractivity contribution is 5.89. The molecule has 2 amide bonds. The van der Waals surface area contributed by atoms with E-state index in [2.05, 4.69) is 29.7 Å². The molecule has 2 aliphatic rings. The molecule has 0 aromatic heterocycles. The molecule has 21 heavy (non-hydrogen) atoms. The molecule has 1 heterocycles. The van der Waals surface area contributed by atoms with E-state index in [1.165, 1.54) is 31.2 Å². The van der Waals surface area contributed by atoms with E-state index in [1.807, 2.05) is 17.0 Å². The Morgan fingerprint density at radius 1 is 1.24 bits per heavy atom. The number of carbonyl (C=O) groups is 1. The van der Waals surface area contributed by atoms with Gasteiger partial charge < -0.3 is 15.5 Å². The first kappa shape index (κ1) is 14.4. The van der Waals surface area contributed by atoms with E-state index >= 15 is 0 Å². The molecule has 0 radical (unpaired) electrons. The molecule has 3 rings (SSSR count). The molecule has 4 heteroatoms. The molecule has 1 aliphatic heterocycles. The van der Waals surface area contributed by atoms with Gasteiger partial charge in [-0.2, -0.15) is 0 Å². The summed E-state index contributed by atoms with van der Waals surface area (Å²) in [5.74, 6) is 0.725. The van der Waals surface area contributed by atoms with Crippen LogP contribution in [-0.2, 0) is 0 Å². The van der Waals surface area contributed by atoms with Crippen LogP contribution in [0.25, 0.3) is 0 Å². The molecule has 1 atom stereocenters. The number of rotatable bonds is 2. The lowest BCUT2D eigenvalue weighted by atomic mass is 9.98. The molecule has 2 N–H and O–H groups in total. The van der Waals surface area contributed by atoms with Crippen LogP contribution in [-0.4, -0.2) is 36.6 Å². The van der Waals surface area contributed by atoms with Crippen LogP contribution in [0.5, 0.6) is 0 Å². The fraction of sp³-hybridized carbons (Fsp3) is 0.588. The zero-order valence-corrected chi connectivity index (χ0v) is 12.8. The number of piperazine rings is 1. The van der Waals surface area contributed by atoms with Crippen LogP contribution < -0.4 is 10.6 Å². The number of hydrogen-bond acceptors (Lipinski definition) is 2. The quantitative estimate of drug-likeness (QED) is 0.877. The first-order valence-electron chi connectivity index (χ1n) is 8.12. The molecule has 2 fully saturated rings. The van der Waals surface area contributed by atoms with E-state index in [9.17, 15) is 4.79 Å². The van der Waals surface area contributed by atoms with Gasteiger partial charge in [0.05, 0.1) is 0 Å². The fourth-order valence-electron chi connectivity index (χ4n) is 3.44. The second-order valence-corrected chi connectivity index (χ2v) is 6.28. The molecule has 1 saturated carbocycles. The lowest BCUT2D eigenvalue weighted by Gasteiger charge is -2.33. The Labute approximate surface area is 126 Å². The van der Waals surface area contributed by atoms with Crippen molar-refractivity contribution >= 4 is 11.7 Å². The first-order valence-corrected chi connectivity index (χ1v) is 8.12. The van der Waals surface area contributed by atoms with E-state index in [-0.39, 0.29) is 12.1 Å². The number of nitrogens with zero attached hydrogens (tertiary/aromatic N) is 1. The van der Waals surface area contributed by atoms with Crippen molar-refractivity contribution in [3.8, 4) is 0 Å². The predicted octanol–water partition coefficient (Wildman–Crippen LogP) is 3.17. The van der Waals surface area contributed by atoms with Crippen molar-refractivity contribution in [2.24, 2.45) is 0 Å². The van der Waals surface area contributed by atoms with Crippen molar-refractivity contribution in [3.05, 3.63) is 29.8 Å². The summed E-state index contributed by atoms with van der Waals surface area (Å²) in [7, 11) is 0. The summed E-state index contributed by atoms with van der Waals surface area (Å²) < 4.78 is 0. The Balaban J connectivity index is 1.60. The lowest BCUT2D eigenvalue weighted by Crippen LogP contribution is -2.53. The van der Waals surface area contributed by atoms with Crippen LogP contribution in [0.3, 0.4) is 0 Å². The zero-order chi connectivity index (χ0) is 14.7. The Morgan fingerprint density at radius 2 is 1.95 bits per heavy atom. The summed E-state index contributed by atoms with van der Waals surface area (Å²) >= 11 is 0. The topological polar surface area (TPSA) is 44.4 Å². The number of nitrogens with one attached hydrogen (secondary N) is 2. The average molecular weight is 287 g/mol. The van der Waals surface area contributed by atoms with Gasteiger partial charge in [-0.05, 0) is 43.4 Å². The van der Waals surface area contributed by atoms with E-state index in [1.54, 1.807) is 0 Å². The third kappa shape index (κ3) is 3.38. The van der Waals surface area contributed by atoms with Crippen LogP contribution in [0.1, 0.15) is 44.1 Å². The SMILES string of the molecule is CC1CNCCN1C(=O)Nc1ccc(C2CCCC2)cc1. The van der Waals surface area contributed by atoms with Gasteiger partial charge in [-0.15, -0.1) is 0 Å². The number of hydrogen-bond donors (Lipinski definition) is 2. The average Bonchev–Trinajstić information content (AvgIpc) is 3.02. The number of amides is 2. The maximum atomic E-state index is 12.3. The third-order valence-corrected chi connectivity index (χ3v) is 4.75. The van der Waals surface area contributed by atoms with Gasteiger partial charge in [0.1, 0.15) is 0 Å². The minimum atomic E-state index is 0.0117. The van der Waals surface area contributed by atoms with Gasteiger partial charge in [-0.25, -0.2) is 4.79 Å². The monoisotopic (exact) mass is 287 g/mol. The van der Waals surface area contributed by atoms with E-state index in [0.717, 1.165) is 31.2 Å². The Morgan fingerprint density at radius 3 is 2.62 bits per heavy atom.